The van der Waals surface area contributed by atoms with Gasteiger partial charge < -0.3 is 9.80 Å². The first-order valence-electron chi connectivity index (χ1n) is 7.49. The monoisotopic (exact) mass is 356 g/mol. The van der Waals surface area contributed by atoms with Gasteiger partial charge in [-0.15, -0.1) is 11.3 Å². The largest absolute Gasteiger partial charge is 0.332 e. The predicted octanol–water partition coefficient (Wildman–Crippen LogP) is 3.60. The zero-order valence-corrected chi connectivity index (χ0v) is 14.3. The van der Waals surface area contributed by atoms with Crippen molar-refractivity contribution >= 4 is 33.2 Å². The molecule has 2 heterocycles. The van der Waals surface area contributed by atoms with Gasteiger partial charge >= 0.3 is 0 Å². The van der Waals surface area contributed by atoms with Gasteiger partial charge in [0.05, 0.1) is 8.66 Å². The number of carbonyl (C=O) groups is 1. The molecule has 0 aromatic carbocycles. The third kappa shape index (κ3) is 3.10. The molecule has 1 saturated heterocycles. The van der Waals surface area contributed by atoms with Crippen LogP contribution in [0.15, 0.2) is 15.9 Å². The second kappa shape index (κ2) is 6.16. The minimum absolute atomic E-state index is 0.248. The van der Waals surface area contributed by atoms with E-state index in [1.54, 1.807) is 11.3 Å². The third-order valence-corrected chi connectivity index (χ3v) is 5.97. The van der Waals surface area contributed by atoms with Crippen LogP contribution in [0.2, 0.25) is 0 Å². The van der Waals surface area contributed by atoms with Crippen molar-refractivity contribution in [1.82, 2.24) is 9.80 Å². The smallest absolute Gasteiger partial charge is 0.264 e. The van der Waals surface area contributed by atoms with Crippen LogP contribution in [-0.2, 0) is 0 Å². The molecular formula is C15H21BrN2OS. The van der Waals surface area contributed by atoms with Crippen molar-refractivity contribution in [1.29, 1.82) is 0 Å². The molecule has 1 aromatic rings. The molecule has 3 rings (SSSR count). The minimum Gasteiger partial charge on any atom is -0.332 e. The Bertz CT molecular complexity index is 478. The highest BCUT2D eigenvalue weighted by Gasteiger charge is 2.39. The molecule has 0 spiro atoms. The van der Waals surface area contributed by atoms with Gasteiger partial charge in [-0.3, -0.25) is 4.79 Å². The van der Waals surface area contributed by atoms with Gasteiger partial charge in [0.25, 0.3) is 5.91 Å². The van der Waals surface area contributed by atoms with E-state index in [0.29, 0.717) is 12.1 Å². The topological polar surface area (TPSA) is 23.6 Å². The highest BCUT2D eigenvalue weighted by Crippen LogP contribution is 2.34. The molecule has 2 fully saturated rings. The summed E-state index contributed by atoms with van der Waals surface area (Å²) in [6, 6.07) is 4.87. The van der Waals surface area contributed by atoms with Crippen LogP contribution in [0.5, 0.6) is 0 Å². The zero-order chi connectivity index (χ0) is 14.1. The van der Waals surface area contributed by atoms with E-state index in [4.69, 9.17) is 0 Å². The number of amides is 1. The maximum atomic E-state index is 12.8. The molecule has 0 N–H and O–H groups in total. The fraction of sp³-hybridized carbons (Fsp3) is 0.667. The molecule has 110 valence electrons. The Morgan fingerprint density at radius 1 is 1.30 bits per heavy atom. The molecular weight excluding hydrogens is 336 g/mol. The van der Waals surface area contributed by atoms with E-state index in [0.717, 1.165) is 41.1 Å². The molecule has 0 unspecified atom stereocenters. The number of halogens is 1. The van der Waals surface area contributed by atoms with Gasteiger partial charge in [0.1, 0.15) is 0 Å². The Labute approximate surface area is 133 Å². The number of thiophene rings is 1. The van der Waals surface area contributed by atoms with Crippen molar-refractivity contribution in [3.8, 4) is 0 Å². The van der Waals surface area contributed by atoms with Crippen LogP contribution < -0.4 is 0 Å². The Morgan fingerprint density at radius 3 is 2.45 bits per heavy atom. The number of hydrogen-bond donors (Lipinski definition) is 0. The minimum atomic E-state index is 0.248. The summed E-state index contributed by atoms with van der Waals surface area (Å²) in [5.41, 5.74) is 0. The van der Waals surface area contributed by atoms with E-state index in [9.17, 15) is 4.79 Å². The first-order valence-corrected chi connectivity index (χ1v) is 9.10. The van der Waals surface area contributed by atoms with Crippen LogP contribution in [-0.4, -0.2) is 47.4 Å². The van der Waals surface area contributed by atoms with Gasteiger partial charge in [-0.25, -0.2) is 0 Å². The fourth-order valence-electron chi connectivity index (χ4n) is 3.05. The standard InChI is InChI=1S/C15H21BrN2OS/c1-2-17-9-7-12(8-10-17)18(11-3-4-11)15(19)13-5-6-14(16)20-13/h5-6,11-12H,2-4,7-10H2,1H3. The molecule has 1 amide bonds. The fourth-order valence-corrected chi connectivity index (χ4v) is 4.38. The lowest BCUT2D eigenvalue weighted by Gasteiger charge is -2.38. The quantitative estimate of drug-likeness (QED) is 0.822. The van der Waals surface area contributed by atoms with E-state index < -0.39 is 0 Å². The summed E-state index contributed by atoms with van der Waals surface area (Å²) in [5.74, 6) is 0.248. The second-order valence-electron chi connectivity index (χ2n) is 5.71. The molecule has 1 saturated carbocycles. The lowest BCUT2D eigenvalue weighted by molar-refractivity contribution is 0.0559. The van der Waals surface area contributed by atoms with Crippen LogP contribution >= 0.6 is 27.3 Å². The average Bonchev–Trinajstić information content (AvgIpc) is 3.20. The predicted molar refractivity (Wildman–Crippen MR) is 86.3 cm³/mol. The van der Waals surface area contributed by atoms with Crippen molar-refractivity contribution in [3.63, 3.8) is 0 Å². The van der Waals surface area contributed by atoms with Crippen molar-refractivity contribution in [2.75, 3.05) is 19.6 Å². The normalized spacial score (nSPS) is 21.1. The van der Waals surface area contributed by atoms with Crippen molar-refractivity contribution < 1.29 is 4.79 Å². The summed E-state index contributed by atoms with van der Waals surface area (Å²) in [6.45, 7) is 5.60. The van der Waals surface area contributed by atoms with E-state index in [1.807, 2.05) is 12.1 Å². The highest BCUT2D eigenvalue weighted by molar-refractivity contribution is 9.11. The molecule has 0 bridgehead atoms. The summed E-state index contributed by atoms with van der Waals surface area (Å²) >= 11 is 5.01. The Balaban J connectivity index is 1.71. The number of rotatable bonds is 4. The first kappa shape index (κ1) is 14.5. The molecule has 3 nitrogen and oxygen atoms in total. The van der Waals surface area contributed by atoms with Gasteiger partial charge in [-0.05, 0) is 60.3 Å². The van der Waals surface area contributed by atoms with Crippen LogP contribution in [0.1, 0.15) is 42.3 Å². The van der Waals surface area contributed by atoms with E-state index >= 15 is 0 Å². The van der Waals surface area contributed by atoms with E-state index in [2.05, 4.69) is 32.7 Å². The van der Waals surface area contributed by atoms with Crippen molar-refractivity contribution in [3.05, 3.63) is 20.8 Å². The second-order valence-corrected chi connectivity index (χ2v) is 8.18. The van der Waals surface area contributed by atoms with Gasteiger partial charge in [-0.2, -0.15) is 0 Å². The summed E-state index contributed by atoms with van der Waals surface area (Å²) in [6.07, 6.45) is 4.63. The Kier molecular flexibility index (Phi) is 4.48. The van der Waals surface area contributed by atoms with E-state index in [1.165, 1.54) is 12.8 Å². The third-order valence-electron chi connectivity index (χ3n) is 4.36. The molecule has 0 atom stereocenters. The van der Waals surface area contributed by atoms with Gasteiger partial charge in [0.2, 0.25) is 0 Å². The molecule has 5 heteroatoms. The van der Waals surface area contributed by atoms with Gasteiger partial charge in [-0.1, -0.05) is 6.92 Å². The molecule has 1 aliphatic heterocycles. The van der Waals surface area contributed by atoms with E-state index in [-0.39, 0.29) is 5.91 Å². The Morgan fingerprint density at radius 2 is 1.95 bits per heavy atom. The number of hydrogen-bond acceptors (Lipinski definition) is 3. The molecule has 2 aliphatic rings. The first-order chi connectivity index (χ1) is 9.69. The van der Waals surface area contributed by atoms with Crippen LogP contribution in [0.3, 0.4) is 0 Å². The maximum Gasteiger partial charge on any atom is 0.264 e. The molecule has 0 radical (unpaired) electrons. The molecule has 1 aromatic heterocycles. The summed E-state index contributed by atoms with van der Waals surface area (Å²) in [4.78, 5) is 18.3. The summed E-state index contributed by atoms with van der Waals surface area (Å²) < 4.78 is 1.04. The van der Waals surface area contributed by atoms with Crippen LogP contribution in [0.4, 0.5) is 0 Å². The molecule has 20 heavy (non-hydrogen) atoms. The number of carbonyl (C=O) groups excluding carboxylic acids is 1. The molecule has 1 aliphatic carbocycles. The maximum absolute atomic E-state index is 12.8. The van der Waals surface area contributed by atoms with Crippen LogP contribution in [0.25, 0.3) is 0 Å². The van der Waals surface area contributed by atoms with Gasteiger partial charge in [0.15, 0.2) is 0 Å². The lowest BCUT2D eigenvalue weighted by Crippen LogP contribution is -2.48. The zero-order valence-electron chi connectivity index (χ0n) is 11.8. The summed E-state index contributed by atoms with van der Waals surface area (Å²) in [7, 11) is 0. The number of likely N-dealkylation sites (tertiary alicyclic amines) is 1. The number of piperidine rings is 1. The van der Waals surface area contributed by atoms with Crippen LogP contribution in [0, 0.1) is 0 Å². The average molecular weight is 357 g/mol. The number of nitrogens with zero attached hydrogens (tertiary/aromatic N) is 2. The van der Waals surface area contributed by atoms with Crippen molar-refractivity contribution in [2.45, 2.75) is 44.7 Å². The summed E-state index contributed by atoms with van der Waals surface area (Å²) in [5, 5.41) is 0. The van der Waals surface area contributed by atoms with Crippen molar-refractivity contribution in [2.24, 2.45) is 0 Å². The SMILES string of the molecule is CCN1CCC(N(C(=O)c2ccc(Br)s2)C2CC2)CC1. The highest BCUT2D eigenvalue weighted by atomic mass is 79.9. The van der Waals surface area contributed by atoms with Gasteiger partial charge in [0, 0.05) is 25.2 Å². The Hall–Kier alpha value is -0.390. The lowest BCUT2D eigenvalue weighted by atomic mass is 10.0.